The topological polar surface area (TPSA) is 43.4 Å². The SMILES string of the molecule is COc1cc(C)cc2c1C(=O)C(Cl)=C(Cl)C2=O. The van der Waals surface area contributed by atoms with Gasteiger partial charge in [-0.2, -0.15) is 0 Å². The van der Waals surface area contributed by atoms with Crippen molar-refractivity contribution in [1.82, 2.24) is 0 Å². The number of ether oxygens (including phenoxy) is 1. The summed E-state index contributed by atoms with van der Waals surface area (Å²) in [7, 11) is 1.43. The molecule has 0 unspecified atom stereocenters. The Balaban J connectivity index is 2.80. The molecule has 0 saturated heterocycles. The summed E-state index contributed by atoms with van der Waals surface area (Å²) in [4.78, 5) is 23.9. The van der Waals surface area contributed by atoms with E-state index in [2.05, 4.69) is 0 Å². The number of halogens is 2. The first-order valence-electron chi connectivity index (χ1n) is 4.80. The highest BCUT2D eigenvalue weighted by Crippen LogP contribution is 2.36. The summed E-state index contributed by atoms with van der Waals surface area (Å²) in [5.74, 6) is -0.600. The van der Waals surface area contributed by atoms with Gasteiger partial charge in [0.15, 0.2) is 0 Å². The number of methoxy groups -OCH3 is 1. The average molecular weight is 271 g/mol. The van der Waals surface area contributed by atoms with Crippen LogP contribution in [0.15, 0.2) is 22.2 Å². The van der Waals surface area contributed by atoms with Crippen molar-refractivity contribution in [2.24, 2.45) is 0 Å². The molecule has 0 spiro atoms. The van der Waals surface area contributed by atoms with E-state index in [4.69, 9.17) is 27.9 Å². The van der Waals surface area contributed by atoms with Gasteiger partial charge >= 0.3 is 0 Å². The molecular formula is C12H8Cl2O3. The van der Waals surface area contributed by atoms with Gasteiger partial charge in [-0.15, -0.1) is 0 Å². The Bertz CT molecular complexity index is 573. The number of fused-ring (bicyclic) bond motifs is 1. The van der Waals surface area contributed by atoms with Crippen LogP contribution >= 0.6 is 23.2 Å². The first-order chi connectivity index (χ1) is 7.97. The van der Waals surface area contributed by atoms with E-state index in [1.54, 1.807) is 19.1 Å². The zero-order valence-electron chi connectivity index (χ0n) is 9.14. The zero-order valence-corrected chi connectivity index (χ0v) is 10.6. The van der Waals surface area contributed by atoms with Crippen LogP contribution in [0.25, 0.3) is 0 Å². The van der Waals surface area contributed by atoms with Crippen molar-refractivity contribution in [2.45, 2.75) is 6.92 Å². The lowest BCUT2D eigenvalue weighted by molar-refractivity contribution is 0.0984. The summed E-state index contributed by atoms with van der Waals surface area (Å²) in [5, 5.41) is -0.497. The Labute approximate surface area is 108 Å². The van der Waals surface area contributed by atoms with Gasteiger partial charge in [-0.3, -0.25) is 9.59 Å². The van der Waals surface area contributed by atoms with Gasteiger partial charge in [0, 0.05) is 5.56 Å². The summed E-state index contributed by atoms with van der Waals surface area (Å²) in [6.07, 6.45) is 0. The second-order valence-electron chi connectivity index (χ2n) is 3.68. The molecule has 88 valence electrons. The highest BCUT2D eigenvalue weighted by atomic mass is 35.5. The van der Waals surface area contributed by atoms with Crippen molar-refractivity contribution < 1.29 is 14.3 Å². The van der Waals surface area contributed by atoms with Crippen LogP contribution in [-0.4, -0.2) is 18.7 Å². The average Bonchev–Trinajstić information content (AvgIpc) is 2.32. The molecule has 5 heteroatoms. The number of aryl methyl sites for hydroxylation is 1. The van der Waals surface area contributed by atoms with Crippen LogP contribution in [-0.2, 0) is 0 Å². The van der Waals surface area contributed by atoms with Gasteiger partial charge in [0.2, 0.25) is 11.6 Å². The number of allylic oxidation sites excluding steroid dienone is 2. The summed E-state index contributed by atoms with van der Waals surface area (Å²) >= 11 is 11.5. The van der Waals surface area contributed by atoms with E-state index < -0.39 is 11.6 Å². The van der Waals surface area contributed by atoms with Crippen molar-refractivity contribution in [1.29, 1.82) is 0 Å². The van der Waals surface area contributed by atoms with Crippen LogP contribution in [0.4, 0.5) is 0 Å². The lowest BCUT2D eigenvalue weighted by atomic mass is 9.92. The molecule has 2 rings (SSSR count). The molecule has 3 nitrogen and oxygen atoms in total. The van der Waals surface area contributed by atoms with Crippen molar-refractivity contribution in [3.8, 4) is 5.75 Å². The number of carbonyl (C=O) groups excluding carboxylic acids is 2. The summed E-state index contributed by atoms with van der Waals surface area (Å²) < 4.78 is 5.10. The second-order valence-corrected chi connectivity index (χ2v) is 4.43. The minimum absolute atomic E-state index is 0.178. The highest BCUT2D eigenvalue weighted by Gasteiger charge is 2.33. The molecular weight excluding hydrogens is 263 g/mol. The Kier molecular flexibility index (Phi) is 2.98. The molecule has 1 aromatic rings. The lowest BCUT2D eigenvalue weighted by Gasteiger charge is -2.17. The quantitative estimate of drug-likeness (QED) is 0.788. The third kappa shape index (κ3) is 1.75. The molecule has 0 saturated carbocycles. The monoisotopic (exact) mass is 270 g/mol. The fraction of sp³-hybridized carbons (Fsp3) is 0.167. The maximum absolute atomic E-state index is 12.0. The van der Waals surface area contributed by atoms with Crippen LogP contribution in [0, 0.1) is 6.92 Å². The summed E-state index contributed by atoms with van der Waals surface area (Å²) in [6, 6.07) is 3.28. The standard InChI is InChI=1S/C12H8Cl2O3/c1-5-3-6-8(7(4-5)17-2)12(16)10(14)9(13)11(6)15/h3-4H,1-2H3. The van der Waals surface area contributed by atoms with E-state index in [-0.39, 0.29) is 21.2 Å². The van der Waals surface area contributed by atoms with Crippen molar-refractivity contribution >= 4 is 34.8 Å². The number of carbonyl (C=O) groups is 2. The largest absolute Gasteiger partial charge is 0.496 e. The van der Waals surface area contributed by atoms with Crippen molar-refractivity contribution in [3.63, 3.8) is 0 Å². The third-order valence-corrected chi connectivity index (χ3v) is 3.35. The molecule has 0 amide bonds. The molecule has 1 aromatic carbocycles. The van der Waals surface area contributed by atoms with E-state index in [1.165, 1.54) is 7.11 Å². The zero-order chi connectivity index (χ0) is 12.7. The van der Waals surface area contributed by atoms with Crippen LogP contribution in [0.5, 0.6) is 5.75 Å². The number of hydrogen-bond acceptors (Lipinski definition) is 3. The molecule has 17 heavy (non-hydrogen) atoms. The molecule has 0 heterocycles. The number of ketones is 2. The molecule has 1 aliphatic carbocycles. The predicted octanol–water partition coefficient (Wildman–Crippen LogP) is 3.07. The molecule has 0 radical (unpaired) electrons. The van der Waals surface area contributed by atoms with E-state index in [0.717, 1.165) is 5.56 Å². The maximum Gasteiger partial charge on any atom is 0.210 e. The van der Waals surface area contributed by atoms with E-state index in [9.17, 15) is 9.59 Å². The molecule has 0 N–H and O–H groups in total. The summed E-state index contributed by atoms with van der Waals surface area (Å²) in [6.45, 7) is 1.80. The van der Waals surface area contributed by atoms with Crippen LogP contribution in [0.1, 0.15) is 26.3 Å². The third-order valence-electron chi connectivity index (χ3n) is 2.53. The van der Waals surface area contributed by atoms with Crippen LogP contribution in [0.3, 0.4) is 0 Å². The number of rotatable bonds is 1. The number of hydrogen-bond donors (Lipinski definition) is 0. The maximum atomic E-state index is 12.0. The molecule has 1 aliphatic rings. The van der Waals surface area contributed by atoms with Gasteiger partial charge in [0.25, 0.3) is 0 Å². The smallest absolute Gasteiger partial charge is 0.210 e. The normalized spacial score (nSPS) is 15.1. The summed E-state index contributed by atoms with van der Waals surface area (Å²) in [5.41, 5.74) is 1.22. The van der Waals surface area contributed by atoms with Gasteiger partial charge in [0.1, 0.15) is 15.8 Å². The minimum Gasteiger partial charge on any atom is -0.496 e. The Morgan fingerprint density at radius 2 is 1.65 bits per heavy atom. The molecule has 0 fully saturated rings. The Hall–Kier alpha value is -1.32. The van der Waals surface area contributed by atoms with Crippen molar-refractivity contribution in [2.75, 3.05) is 7.11 Å². The first-order valence-corrected chi connectivity index (χ1v) is 5.56. The lowest BCUT2D eigenvalue weighted by Crippen LogP contribution is -2.19. The van der Waals surface area contributed by atoms with E-state index in [1.807, 2.05) is 0 Å². The Morgan fingerprint density at radius 3 is 2.24 bits per heavy atom. The number of benzene rings is 1. The molecule has 0 bridgehead atoms. The predicted molar refractivity (Wildman–Crippen MR) is 65.1 cm³/mol. The number of Topliss-reactive ketones (excluding diaryl/α,β-unsaturated/α-hetero) is 2. The van der Waals surface area contributed by atoms with Crippen LogP contribution in [0.2, 0.25) is 0 Å². The second kappa shape index (κ2) is 4.17. The first kappa shape index (κ1) is 12.1. The van der Waals surface area contributed by atoms with Gasteiger partial charge < -0.3 is 4.74 Å². The van der Waals surface area contributed by atoms with E-state index >= 15 is 0 Å². The molecule has 0 atom stereocenters. The van der Waals surface area contributed by atoms with Gasteiger partial charge in [0.05, 0.1) is 12.7 Å². The van der Waals surface area contributed by atoms with Crippen LogP contribution < -0.4 is 4.74 Å². The van der Waals surface area contributed by atoms with Gasteiger partial charge in [-0.1, -0.05) is 23.2 Å². The van der Waals surface area contributed by atoms with Gasteiger partial charge in [-0.25, -0.2) is 0 Å². The highest BCUT2D eigenvalue weighted by molar-refractivity contribution is 6.59. The minimum atomic E-state index is -0.483. The molecule has 0 aliphatic heterocycles. The molecule has 0 aromatic heterocycles. The fourth-order valence-corrected chi connectivity index (χ4v) is 2.12. The fourth-order valence-electron chi connectivity index (χ4n) is 1.75. The van der Waals surface area contributed by atoms with E-state index in [0.29, 0.717) is 5.75 Å². The van der Waals surface area contributed by atoms with Crippen molar-refractivity contribution in [3.05, 3.63) is 38.9 Å². The van der Waals surface area contributed by atoms with Gasteiger partial charge in [-0.05, 0) is 24.6 Å². The Morgan fingerprint density at radius 1 is 1.06 bits per heavy atom.